The maximum Gasteiger partial charge on any atom is 0.308 e. The summed E-state index contributed by atoms with van der Waals surface area (Å²) in [4.78, 5) is 49.7. The summed E-state index contributed by atoms with van der Waals surface area (Å²) in [5.41, 5.74) is 1.48. The summed E-state index contributed by atoms with van der Waals surface area (Å²) in [6.07, 6.45) is 8.34. The predicted octanol–water partition coefficient (Wildman–Crippen LogP) is 3.70. The molecule has 0 radical (unpaired) electrons. The average Bonchev–Trinajstić information content (AvgIpc) is 2.88. The van der Waals surface area contributed by atoms with Crippen LogP contribution in [0.2, 0.25) is 0 Å². The van der Waals surface area contributed by atoms with E-state index in [0.717, 1.165) is 18.4 Å². The Morgan fingerprint density at radius 1 is 0.789 bits per heavy atom. The number of carbonyl (C=O) groups excluding carboxylic acids is 4. The lowest BCUT2D eigenvalue weighted by atomic mass is 10.1. The van der Waals surface area contributed by atoms with Crippen molar-refractivity contribution in [1.82, 2.24) is 15.5 Å². The van der Waals surface area contributed by atoms with Crippen molar-refractivity contribution in [1.29, 1.82) is 0 Å². The molecule has 3 amide bonds. The molecule has 2 aliphatic heterocycles. The van der Waals surface area contributed by atoms with Crippen LogP contribution in [-0.2, 0) is 19.2 Å². The standard InChI is InChI=1S/C29H33N3O6/c1-21(33)32-18-4-3-16-30-29(36)15-10-24-8-13-26(37-22(2)34)27(20-24)38-25-11-6-23(7-12-25)9-14-28(35)31-17-5-19-32/h6-15,20H,3-5,16-19H2,1-2H3,(H,30,36)(H,31,35)/b14-9+,15-10-. The minimum atomic E-state index is -0.484. The summed E-state index contributed by atoms with van der Waals surface area (Å²) >= 11 is 0. The molecule has 2 aliphatic rings. The van der Waals surface area contributed by atoms with Crippen molar-refractivity contribution in [2.75, 3.05) is 26.2 Å². The molecule has 0 aromatic heterocycles. The molecule has 0 atom stereocenters. The summed E-state index contributed by atoms with van der Waals surface area (Å²) in [5, 5.41) is 5.67. The van der Waals surface area contributed by atoms with Crippen molar-refractivity contribution in [3.8, 4) is 17.2 Å². The van der Waals surface area contributed by atoms with Gasteiger partial charge in [-0.05, 0) is 66.8 Å². The number of rotatable bonds is 1. The fourth-order valence-electron chi connectivity index (χ4n) is 3.73. The molecule has 0 saturated heterocycles. The third kappa shape index (κ3) is 9.57. The van der Waals surface area contributed by atoms with Crippen molar-refractivity contribution in [2.45, 2.75) is 33.1 Å². The fraction of sp³-hybridized carbons (Fsp3) is 0.310. The highest BCUT2D eigenvalue weighted by atomic mass is 16.6. The Labute approximate surface area is 222 Å². The van der Waals surface area contributed by atoms with Crippen LogP contribution in [0.1, 0.15) is 44.2 Å². The van der Waals surface area contributed by atoms with Gasteiger partial charge in [-0.1, -0.05) is 18.2 Å². The molecule has 2 N–H and O–H groups in total. The van der Waals surface area contributed by atoms with Gasteiger partial charge in [0.25, 0.3) is 0 Å². The number of nitrogens with zero attached hydrogens (tertiary/aromatic N) is 1. The summed E-state index contributed by atoms with van der Waals surface area (Å²) in [6, 6.07) is 12.1. The molecule has 9 heteroatoms. The van der Waals surface area contributed by atoms with Crippen LogP contribution in [0, 0.1) is 0 Å². The predicted molar refractivity (Wildman–Crippen MR) is 144 cm³/mol. The van der Waals surface area contributed by atoms with Gasteiger partial charge in [0, 0.05) is 52.2 Å². The zero-order valence-electron chi connectivity index (χ0n) is 21.7. The highest BCUT2D eigenvalue weighted by Crippen LogP contribution is 2.33. The van der Waals surface area contributed by atoms with Crippen molar-refractivity contribution < 1.29 is 28.7 Å². The van der Waals surface area contributed by atoms with Crippen molar-refractivity contribution in [3.05, 3.63) is 65.7 Å². The van der Waals surface area contributed by atoms with Gasteiger partial charge >= 0.3 is 5.97 Å². The van der Waals surface area contributed by atoms with Crippen LogP contribution in [0.3, 0.4) is 0 Å². The van der Waals surface area contributed by atoms with Crippen LogP contribution in [0.15, 0.2) is 54.6 Å². The highest BCUT2D eigenvalue weighted by Gasteiger charge is 2.11. The highest BCUT2D eigenvalue weighted by molar-refractivity contribution is 5.92. The molecule has 0 unspecified atom stereocenters. The van der Waals surface area contributed by atoms with Crippen LogP contribution < -0.4 is 20.1 Å². The molecule has 4 rings (SSSR count). The van der Waals surface area contributed by atoms with Crippen molar-refractivity contribution in [2.24, 2.45) is 0 Å². The third-order valence-corrected chi connectivity index (χ3v) is 5.69. The maximum absolute atomic E-state index is 12.3. The molecular formula is C29H33N3O6. The second-order valence-corrected chi connectivity index (χ2v) is 8.79. The van der Waals surface area contributed by atoms with Gasteiger partial charge in [-0.15, -0.1) is 0 Å². The topological polar surface area (TPSA) is 114 Å². The molecule has 0 aliphatic carbocycles. The fourth-order valence-corrected chi connectivity index (χ4v) is 3.73. The lowest BCUT2D eigenvalue weighted by Crippen LogP contribution is -2.33. The second-order valence-electron chi connectivity index (χ2n) is 8.79. The zero-order chi connectivity index (χ0) is 27.3. The Morgan fingerprint density at radius 3 is 2.05 bits per heavy atom. The number of benzene rings is 2. The number of ether oxygens (including phenoxy) is 2. The van der Waals surface area contributed by atoms with Crippen LogP contribution in [0.5, 0.6) is 17.2 Å². The first-order valence-corrected chi connectivity index (χ1v) is 12.6. The number of hydrogen-bond donors (Lipinski definition) is 2. The number of esters is 1. The minimum absolute atomic E-state index is 0.0175. The van der Waals surface area contributed by atoms with Gasteiger partial charge in [0.15, 0.2) is 11.5 Å². The van der Waals surface area contributed by atoms with Crippen LogP contribution in [-0.4, -0.2) is 54.8 Å². The van der Waals surface area contributed by atoms with Crippen LogP contribution >= 0.6 is 0 Å². The first kappa shape index (κ1) is 28.2. The lowest BCUT2D eigenvalue weighted by molar-refractivity contribution is -0.132. The molecule has 200 valence electrons. The Hall–Kier alpha value is -4.40. The zero-order valence-corrected chi connectivity index (χ0v) is 21.7. The molecule has 2 heterocycles. The molecule has 0 fully saturated rings. The number of carbonyl (C=O) groups is 4. The molecule has 9 nitrogen and oxygen atoms in total. The summed E-state index contributed by atoms with van der Waals surface area (Å²) < 4.78 is 11.2. The Bertz CT molecular complexity index is 1200. The maximum atomic E-state index is 12.3. The van der Waals surface area contributed by atoms with Gasteiger partial charge < -0.3 is 25.0 Å². The summed E-state index contributed by atoms with van der Waals surface area (Å²) in [6.45, 7) is 4.90. The van der Waals surface area contributed by atoms with E-state index in [1.807, 2.05) is 0 Å². The molecule has 4 bridgehead atoms. The van der Waals surface area contributed by atoms with E-state index in [1.165, 1.54) is 26.0 Å². The van der Waals surface area contributed by atoms with Gasteiger partial charge in [0.2, 0.25) is 17.7 Å². The Kier molecular flexibility index (Phi) is 10.7. The molecule has 2 aromatic rings. The lowest BCUT2D eigenvalue weighted by Gasteiger charge is -2.21. The van der Waals surface area contributed by atoms with Crippen molar-refractivity contribution in [3.63, 3.8) is 0 Å². The van der Waals surface area contributed by atoms with Gasteiger partial charge in [-0.25, -0.2) is 0 Å². The Morgan fingerprint density at radius 2 is 1.39 bits per heavy atom. The number of fused-ring (bicyclic) bond motifs is 15. The van der Waals surface area contributed by atoms with E-state index in [9.17, 15) is 19.2 Å². The minimum Gasteiger partial charge on any atom is -0.453 e. The molecule has 2 aromatic carbocycles. The first-order valence-electron chi connectivity index (χ1n) is 12.6. The van der Waals surface area contributed by atoms with E-state index in [1.54, 1.807) is 59.5 Å². The van der Waals surface area contributed by atoms with Gasteiger partial charge in [0.1, 0.15) is 5.75 Å². The van der Waals surface area contributed by atoms with Crippen LogP contribution in [0.25, 0.3) is 12.2 Å². The monoisotopic (exact) mass is 519 g/mol. The molecule has 0 spiro atoms. The quantitative estimate of drug-likeness (QED) is 0.439. The molecule has 38 heavy (non-hydrogen) atoms. The van der Waals surface area contributed by atoms with E-state index < -0.39 is 5.97 Å². The largest absolute Gasteiger partial charge is 0.453 e. The second kappa shape index (κ2) is 14.4. The Balaban J connectivity index is 1.80. The van der Waals surface area contributed by atoms with E-state index in [0.29, 0.717) is 49.7 Å². The van der Waals surface area contributed by atoms with E-state index >= 15 is 0 Å². The molecule has 0 saturated carbocycles. The van der Waals surface area contributed by atoms with Crippen LogP contribution in [0.4, 0.5) is 0 Å². The summed E-state index contributed by atoms with van der Waals surface area (Å²) in [5.74, 6) is 0.104. The smallest absolute Gasteiger partial charge is 0.308 e. The van der Waals surface area contributed by atoms with E-state index in [4.69, 9.17) is 9.47 Å². The SMILES string of the molecule is CC(=O)Oc1ccc2cc1Oc1ccc(cc1)/C=C/C(=O)NCCCN(C(C)=O)CCCCNC(=O)/C=C\2. The van der Waals surface area contributed by atoms with E-state index in [2.05, 4.69) is 10.6 Å². The average molecular weight is 520 g/mol. The number of hydrogen-bond acceptors (Lipinski definition) is 6. The van der Waals surface area contributed by atoms with Crippen molar-refractivity contribution >= 4 is 35.8 Å². The third-order valence-electron chi connectivity index (χ3n) is 5.69. The first-order chi connectivity index (χ1) is 18.3. The van der Waals surface area contributed by atoms with Gasteiger partial charge in [-0.2, -0.15) is 0 Å². The summed E-state index contributed by atoms with van der Waals surface area (Å²) in [7, 11) is 0. The number of amides is 3. The normalized spacial score (nSPS) is 17.3. The van der Waals surface area contributed by atoms with E-state index in [-0.39, 0.29) is 23.5 Å². The van der Waals surface area contributed by atoms with Gasteiger partial charge in [-0.3, -0.25) is 19.2 Å². The van der Waals surface area contributed by atoms with Gasteiger partial charge in [0.05, 0.1) is 0 Å². The number of nitrogens with one attached hydrogen (secondary N) is 2. The molecular weight excluding hydrogens is 486 g/mol.